The van der Waals surface area contributed by atoms with E-state index in [9.17, 15) is 9.59 Å². The fraction of sp³-hybridized carbons (Fsp3) is 0.0833. The van der Waals surface area contributed by atoms with Crippen molar-refractivity contribution in [3.63, 3.8) is 0 Å². The van der Waals surface area contributed by atoms with Crippen LogP contribution < -0.4 is 15.6 Å². The number of hydrogen-bond donors (Lipinski definition) is 2. The van der Waals surface area contributed by atoms with E-state index in [2.05, 4.69) is 10.3 Å². The van der Waals surface area contributed by atoms with Gasteiger partial charge in [-0.15, -0.1) is 0 Å². The van der Waals surface area contributed by atoms with Crippen molar-refractivity contribution in [3.05, 3.63) is 88.2 Å². The summed E-state index contributed by atoms with van der Waals surface area (Å²) in [4.78, 5) is 28.9. The molecule has 1 aliphatic rings. The highest BCUT2D eigenvalue weighted by atomic mass is 16.5. The Morgan fingerprint density at radius 3 is 2.34 bits per heavy atom. The van der Waals surface area contributed by atoms with Crippen molar-refractivity contribution in [2.75, 3.05) is 11.9 Å². The molecule has 4 aromatic rings. The fourth-order valence-corrected chi connectivity index (χ4v) is 3.92. The van der Waals surface area contributed by atoms with Gasteiger partial charge in [0, 0.05) is 33.3 Å². The number of aromatic nitrogens is 1. The average Bonchev–Trinajstić information content (AvgIpc) is 2.74. The third-order valence-electron chi connectivity index (χ3n) is 5.16. The van der Waals surface area contributed by atoms with Crippen LogP contribution in [0.1, 0.15) is 22.8 Å². The third-order valence-corrected chi connectivity index (χ3v) is 5.16. The number of anilines is 2. The van der Waals surface area contributed by atoms with Gasteiger partial charge in [0.25, 0.3) is 5.56 Å². The summed E-state index contributed by atoms with van der Waals surface area (Å²) >= 11 is 0. The first-order valence-corrected chi connectivity index (χ1v) is 9.50. The number of ketones is 1. The lowest BCUT2D eigenvalue weighted by Gasteiger charge is -2.22. The lowest BCUT2D eigenvalue weighted by molar-refractivity contribution is 0.104. The van der Waals surface area contributed by atoms with Crippen LogP contribution in [0.5, 0.6) is 5.75 Å². The highest BCUT2D eigenvalue weighted by Crippen LogP contribution is 2.42. The van der Waals surface area contributed by atoms with Gasteiger partial charge in [-0.1, -0.05) is 36.4 Å². The maximum absolute atomic E-state index is 13.0. The number of benzene rings is 3. The van der Waals surface area contributed by atoms with Crippen molar-refractivity contribution in [2.45, 2.75) is 6.92 Å². The van der Waals surface area contributed by atoms with Crippen molar-refractivity contribution in [3.8, 4) is 16.9 Å². The van der Waals surface area contributed by atoms with Crippen LogP contribution in [-0.2, 0) is 0 Å². The van der Waals surface area contributed by atoms with E-state index in [0.29, 0.717) is 28.9 Å². The molecule has 0 radical (unpaired) electrons. The predicted molar refractivity (Wildman–Crippen MR) is 114 cm³/mol. The second-order valence-corrected chi connectivity index (χ2v) is 6.89. The molecule has 5 rings (SSSR count). The molecule has 5 nitrogen and oxygen atoms in total. The monoisotopic (exact) mass is 382 g/mol. The Kier molecular flexibility index (Phi) is 3.95. The van der Waals surface area contributed by atoms with Crippen LogP contribution in [0.2, 0.25) is 0 Å². The lowest BCUT2D eigenvalue weighted by atomic mass is 9.83. The number of carbonyl (C=O) groups excluding carboxylic acids is 1. The first-order valence-electron chi connectivity index (χ1n) is 9.50. The minimum Gasteiger partial charge on any atom is -0.494 e. The van der Waals surface area contributed by atoms with Crippen molar-refractivity contribution >= 4 is 28.1 Å². The molecule has 1 aliphatic carbocycles. The quantitative estimate of drug-likeness (QED) is 0.465. The van der Waals surface area contributed by atoms with E-state index in [-0.39, 0.29) is 11.3 Å². The molecule has 5 heteroatoms. The number of rotatable bonds is 4. The van der Waals surface area contributed by atoms with Crippen LogP contribution in [0.3, 0.4) is 0 Å². The lowest BCUT2D eigenvalue weighted by Crippen LogP contribution is -2.18. The summed E-state index contributed by atoms with van der Waals surface area (Å²) in [5.74, 6) is 0.739. The molecule has 1 heterocycles. The number of carbonyl (C=O) groups is 1. The third kappa shape index (κ3) is 2.70. The first kappa shape index (κ1) is 17.3. The molecule has 29 heavy (non-hydrogen) atoms. The van der Waals surface area contributed by atoms with Crippen LogP contribution in [0, 0.1) is 0 Å². The van der Waals surface area contributed by atoms with Gasteiger partial charge in [0.15, 0.2) is 5.78 Å². The van der Waals surface area contributed by atoms with Gasteiger partial charge in [-0.25, -0.2) is 0 Å². The van der Waals surface area contributed by atoms with Gasteiger partial charge in [-0.05, 0) is 42.8 Å². The Bertz CT molecular complexity index is 1320. The minimum atomic E-state index is -0.234. The Hall–Kier alpha value is -3.86. The Balaban J connectivity index is 1.75. The summed E-state index contributed by atoms with van der Waals surface area (Å²) in [6, 6.07) is 20.3. The van der Waals surface area contributed by atoms with Crippen molar-refractivity contribution in [1.82, 2.24) is 4.98 Å². The second kappa shape index (κ2) is 6.63. The zero-order valence-electron chi connectivity index (χ0n) is 15.8. The molecule has 0 fully saturated rings. The predicted octanol–water partition coefficient (Wildman–Crippen LogP) is 4.88. The van der Waals surface area contributed by atoms with Crippen LogP contribution >= 0.6 is 0 Å². The van der Waals surface area contributed by atoms with Gasteiger partial charge in [0.1, 0.15) is 11.4 Å². The van der Waals surface area contributed by atoms with E-state index >= 15 is 0 Å². The van der Waals surface area contributed by atoms with Crippen LogP contribution in [-0.4, -0.2) is 17.4 Å². The van der Waals surface area contributed by atoms with Crippen LogP contribution in [0.4, 0.5) is 11.4 Å². The fourth-order valence-electron chi connectivity index (χ4n) is 3.92. The molecule has 1 aromatic heterocycles. The zero-order chi connectivity index (χ0) is 20.0. The Morgan fingerprint density at radius 2 is 1.59 bits per heavy atom. The molecule has 0 atom stereocenters. The molecule has 0 unspecified atom stereocenters. The maximum atomic E-state index is 13.0. The molecule has 2 N–H and O–H groups in total. The van der Waals surface area contributed by atoms with Gasteiger partial charge >= 0.3 is 0 Å². The SMILES string of the molecule is CCOc1ccc(Nc2c3c4c(cccc4[nH]c2=O)C(=O)c2ccccc2-3)cc1. The van der Waals surface area contributed by atoms with Crippen LogP contribution in [0.25, 0.3) is 22.0 Å². The van der Waals surface area contributed by atoms with Crippen molar-refractivity contribution < 1.29 is 9.53 Å². The highest BCUT2D eigenvalue weighted by Gasteiger charge is 2.28. The summed E-state index contributed by atoms with van der Waals surface area (Å²) in [5, 5.41) is 4.03. The summed E-state index contributed by atoms with van der Waals surface area (Å²) in [6.45, 7) is 2.52. The molecule has 0 amide bonds. The number of pyridine rings is 1. The van der Waals surface area contributed by atoms with E-state index in [4.69, 9.17) is 4.74 Å². The van der Waals surface area contributed by atoms with E-state index < -0.39 is 0 Å². The van der Waals surface area contributed by atoms with Gasteiger partial charge in [0.05, 0.1) is 6.61 Å². The highest BCUT2D eigenvalue weighted by molar-refractivity contribution is 6.26. The summed E-state index contributed by atoms with van der Waals surface area (Å²) < 4.78 is 5.49. The zero-order valence-corrected chi connectivity index (χ0v) is 15.8. The number of fused-ring (bicyclic) bond motifs is 2. The number of ether oxygens (including phenoxy) is 1. The number of nitrogens with one attached hydrogen (secondary N) is 2. The number of aromatic amines is 1. The van der Waals surface area contributed by atoms with Crippen LogP contribution in [0.15, 0.2) is 71.5 Å². The molecule has 0 aliphatic heterocycles. The molecule has 3 aromatic carbocycles. The van der Waals surface area contributed by atoms with Gasteiger partial charge in [-0.2, -0.15) is 0 Å². The molecular weight excluding hydrogens is 364 g/mol. The minimum absolute atomic E-state index is 0.0298. The largest absolute Gasteiger partial charge is 0.494 e. The summed E-state index contributed by atoms with van der Waals surface area (Å²) in [5.41, 5.74) is 4.33. The smallest absolute Gasteiger partial charge is 0.272 e. The normalized spacial score (nSPS) is 12.0. The molecule has 0 saturated heterocycles. The number of H-pyrrole nitrogens is 1. The average molecular weight is 382 g/mol. The molecule has 0 bridgehead atoms. The number of hydrogen-bond acceptors (Lipinski definition) is 4. The second-order valence-electron chi connectivity index (χ2n) is 6.89. The van der Waals surface area contributed by atoms with E-state index in [0.717, 1.165) is 28.0 Å². The molecular formula is C24H18N2O3. The first-order chi connectivity index (χ1) is 14.2. The van der Waals surface area contributed by atoms with E-state index in [1.54, 1.807) is 12.1 Å². The standard InChI is InChI=1S/C24H18N2O3/c1-2-29-15-12-10-14(11-13-15)25-22-21-16-6-3-4-7-17(16)23(27)18-8-5-9-19(20(18)21)26-24(22)28/h3-13,25H,2H2,1H3,(H,26,28). The van der Waals surface area contributed by atoms with E-state index in [1.807, 2.05) is 61.5 Å². The molecule has 0 spiro atoms. The Labute approximate surface area is 167 Å². The van der Waals surface area contributed by atoms with Crippen molar-refractivity contribution in [1.29, 1.82) is 0 Å². The Morgan fingerprint density at radius 1 is 0.862 bits per heavy atom. The summed E-state index contributed by atoms with van der Waals surface area (Å²) in [7, 11) is 0. The van der Waals surface area contributed by atoms with Gasteiger partial charge in [0.2, 0.25) is 0 Å². The van der Waals surface area contributed by atoms with E-state index in [1.165, 1.54) is 0 Å². The molecule has 142 valence electrons. The van der Waals surface area contributed by atoms with Gasteiger partial charge < -0.3 is 15.0 Å². The van der Waals surface area contributed by atoms with Gasteiger partial charge in [-0.3, -0.25) is 9.59 Å². The topological polar surface area (TPSA) is 71.2 Å². The van der Waals surface area contributed by atoms with Crippen molar-refractivity contribution in [2.24, 2.45) is 0 Å². The maximum Gasteiger partial charge on any atom is 0.272 e. The summed E-state index contributed by atoms with van der Waals surface area (Å²) in [6.07, 6.45) is 0. The molecule has 0 saturated carbocycles.